The van der Waals surface area contributed by atoms with Gasteiger partial charge in [0.05, 0.1) is 0 Å². The lowest BCUT2D eigenvalue weighted by Crippen LogP contribution is -2.41. The standard InChI is InChI=1S/C14H20Br2N2O2S/c1-2-18(11-6-4-3-5-7-11)21(19,20)14-12(15)8-10(17)9-13(14)16/h8-9,11H,2-7,17H2,1H3. The fourth-order valence-corrected chi connectivity index (χ4v) is 7.17. The third-order valence-electron chi connectivity index (χ3n) is 3.88. The minimum Gasteiger partial charge on any atom is -0.399 e. The minimum absolute atomic E-state index is 0.102. The van der Waals surface area contributed by atoms with E-state index in [9.17, 15) is 8.42 Å². The van der Waals surface area contributed by atoms with Gasteiger partial charge in [0.1, 0.15) is 4.90 Å². The molecule has 0 radical (unpaired) electrons. The lowest BCUT2D eigenvalue weighted by Gasteiger charge is -2.33. The van der Waals surface area contributed by atoms with E-state index in [0.29, 0.717) is 21.2 Å². The monoisotopic (exact) mass is 438 g/mol. The molecule has 0 spiro atoms. The third kappa shape index (κ3) is 3.63. The van der Waals surface area contributed by atoms with Gasteiger partial charge in [0.15, 0.2) is 0 Å². The van der Waals surface area contributed by atoms with E-state index in [-0.39, 0.29) is 10.9 Å². The van der Waals surface area contributed by atoms with E-state index in [0.717, 1.165) is 25.7 Å². The predicted octanol–water partition coefficient (Wildman–Crippen LogP) is 4.14. The van der Waals surface area contributed by atoms with Crippen molar-refractivity contribution < 1.29 is 8.42 Å². The largest absolute Gasteiger partial charge is 0.399 e. The predicted molar refractivity (Wildman–Crippen MR) is 92.7 cm³/mol. The summed E-state index contributed by atoms with van der Waals surface area (Å²) in [5.41, 5.74) is 6.28. The first-order valence-electron chi connectivity index (χ1n) is 7.14. The van der Waals surface area contributed by atoms with Crippen molar-refractivity contribution in [1.82, 2.24) is 4.31 Å². The molecule has 2 N–H and O–H groups in total. The second-order valence-corrected chi connectivity index (χ2v) is 8.85. The maximum absolute atomic E-state index is 13.0. The van der Waals surface area contributed by atoms with Crippen molar-refractivity contribution in [1.29, 1.82) is 0 Å². The fraction of sp³-hybridized carbons (Fsp3) is 0.571. The van der Waals surface area contributed by atoms with Crippen LogP contribution in [0.5, 0.6) is 0 Å². The molecule has 1 aromatic rings. The number of sulfonamides is 1. The summed E-state index contributed by atoms with van der Waals surface area (Å²) in [6.45, 7) is 2.38. The summed E-state index contributed by atoms with van der Waals surface area (Å²) in [7, 11) is -3.54. The van der Waals surface area contributed by atoms with Crippen LogP contribution in [-0.2, 0) is 10.0 Å². The van der Waals surface area contributed by atoms with Gasteiger partial charge in [0, 0.05) is 27.2 Å². The van der Waals surface area contributed by atoms with E-state index in [1.165, 1.54) is 6.42 Å². The molecule has 0 bridgehead atoms. The summed E-state index contributed by atoms with van der Waals surface area (Å²) in [6, 6.07) is 3.36. The Morgan fingerprint density at radius 1 is 1.19 bits per heavy atom. The number of hydrogen-bond donors (Lipinski definition) is 1. The van der Waals surface area contributed by atoms with Gasteiger partial charge >= 0.3 is 0 Å². The molecular weight excluding hydrogens is 420 g/mol. The smallest absolute Gasteiger partial charge is 0.245 e. The molecular formula is C14H20Br2N2O2S. The van der Waals surface area contributed by atoms with Crippen LogP contribution in [0.2, 0.25) is 0 Å². The molecule has 0 saturated heterocycles. The topological polar surface area (TPSA) is 63.4 Å². The van der Waals surface area contributed by atoms with Crippen molar-refractivity contribution >= 4 is 47.6 Å². The van der Waals surface area contributed by atoms with Crippen LogP contribution in [0.4, 0.5) is 5.69 Å². The van der Waals surface area contributed by atoms with Gasteiger partial charge in [-0.3, -0.25) is 0 Å². The van der Waals surface area contributed by atoms with Crippen molar-refractivity contribution in [3.8, 4) is 0 Å². The molecule has 21 heavy (non-hydrogen) atoms. The highest BCUT2D eigenvalue weighted by Crippen LogP contribution is 2.36. The van der Waals surface area contributed by atoms with Gasteiger partial charge in [-0.05, 0) is 56.8 Å². The number of nitrogens with two attached hydrogens (primary N) is 1. The van der Waals surface area contributed by atoms with Crippen LogP contribution in [0.25, 0.3) is 0 Å². The SMILES string of the molecule is CCN(C1CCCCC1)S(=O)(=O)c1c(Br)cc(N)cc1Br. The molecule has 0 aromatic heterocycles. The number of hydrogen-bond acceptors (Lipinski definition) is 3. The molecule has 4 nitrogen and oxygen atoms in total. The van der Waals surface area contributed by atoms with Gasteiger partial charge < -0.3 is 5.73 Å². The van der Waals surface area contributed by atoms with E-state index in [1.807, 2.05) is 6.92 Å². The van der Waals surface area contributed by atoms with Crippen LogP contribution in [0.15, 0.2) is 26.0 Å². The van der Waals surface area contributed by atoms with Gasteiger partial charge in [-0.1, -0.05) is 26.2 Å². The van der Waals surface area contributed by atoms with Crippen LogP contribution in [0, 0.1) is 0 Å². The van der Waals surface area contributed by atoms with Crippen molar-refractivity contribution in [2.24, 2.45) is 0 Å². The highest BCUT2D eigenvalue weighted by atomic mass is 79.9. The molecule has 0 unspecified atom stereocenters. The quantitative estimate of drug-likeness (QED) is 0.717. The van der Waals surface area contributed by atoms with Gasteiger partial charge in [-0.25, -0.2) is 8.42 Å². The molecule has 1 aliphatic carbocycles. The molecule has 0 atom stereocenters. The first-order chi connectivity index (χ1) is 9.87. The Morgan fingerprint density at radius 2 is 1.71 bits per heavy atom. The van der Waals surface area contributed by atoms with Crippen molar-refractivity contribution in [3.05, 3.63) is 21.1 Å². The molecule has 0 aliphatic heterocycles. The Balaban J connectivity index is 2.44. The number of nitrogen functional groups attached to an aromatic ring is 1. The summed E-state index contributed by atoms with van der Waals surface area (Å²) in [5, 5.41) is 0. The molecule has 1 fully saturated rings. The Labute approximate surface area is 143 Å². The summed E-state index contributed by atoms with van der Waals surface area (Å²) in [5.74, 6) is 0. The average Bonchev–Trinajstić information content (AvgIpc) is 2.38. The Morgan fingerprint density at radius 3 is 2.19 bits per heavy atom. The van der Waals surface area contributed by atoms with Crippen molar-refractivity contribution in [2.75, 3.05) is 12.3 Å². The Kier molecular flexibility index (Phi) is 5.73. The van der Waals surface area contributed by atoms with Crippen LogP contribution < -0.4 is 5.73 Å². The molecule has 0 heterocycles. The normalized spacial score (nSPS) is 17.3. The van der Waals surface area contributed by atoms with Gasteiger partial charge in [0.25, 0.3) is 0 Å². The first-order valence-corrected chi connectivity index (χ1v) is 10.2. The van der Waals surface area contributed by atoms with Gasteiger partial charge in [-0.2, -0.15) is 4.31 Å². The zero-order valence-electron chi connectivity index (χ0n) is 12.0. The maximum atomic E-state index is 13.0. The summed E-state index contributed by atoms with van der Waals surface area (Å²) < 4.78 is 28.7. The maximum Gasteiger partial charge on any atom is 0.245 e. The molecule has 1 aromatic carbocycles. The lowest BCUT2D eigenvalue weighted by atomic mass is 9.95. The molecule has 7 heteroatoms. The van der Waals surface area contributed by atoms with E-state index < -0.39 is 10.0 Å². The second-order valence-electron chi connectivity index (χ2n) is 5.31. The third-order valence-corrected chi connectivity index (χ3v) is 7.79. The second kappa shape index (κ2) is 6.98. The average molecular weight is 440 g/mol. The van der Waals surface area contributed by atoms with Crippen LogP contribution in [0.1, 0.15) is 39.0 Å². The van der Waals surface area contributed by atoms with Crippen molar-refractivity contribution in [3.63, 3.8) is 0 Å². The number of halogens is 2. The highest BCUT2D eigenvalue weighted by Gasteiger charge is 2.33. The lowest BCUT2D eigenvalue weighted by molar-refractivity contribution is 0.261. The Hall–Kier alpha value is -0.110. The molecule has 118 valence electrons. The van der Waals surface area contributed by atoms with E-state index in [4.69, 9.17) is 5.73 Å². The Bertz CT molecular complexity index is 590. The summed E-state index contributed by atoms with van der Waals surface area (Å²) >= 11 is 6.68. The summed E-state index contributed by atoms with van der Waals surface area (Å²) in [6.07, 6.45) is 5.28. The van der Waals surface area contributed by atoms with Gasteiger partial charge in [-0.15, -0.1) is 0 Å². The number of benzene rings is 1. The summed E-state index contributed by atoms with van der Waals surface area (Å²) in [4.78, 5) is 0.268. The van der Waals surface area contributed by atoms with E-state index >= 15 is 0 Å². The fourth-order valence-electron chi connectivity index (χ4n) is 2.94. The van der Waals surface area contributed by atoms with Crippen LogP contribution >= 0.6 is 31.9 Å². The molecule has 1 aliphatic rings. The van der Waals surface area contributed by atoms with Gasteiger partial charge in [0.2, 0.25) is 10.0 Å². The number of nitrogens with zero attached hydrogens (tertiary/aromatic N) is 1. The molecule has 0 amide bonds. The first kappa shape index (κ1) is 17.2. The minimum atomic E-state index is -3.54. The van der Waals surface area contributed by atoms with E-state index in [1.54, 1.807) is 16.4 Å². The zero-order valence-corrected chi connectivity index (χ0v) is 16.0. The highest BCUT2D eigenvalue weighted by molar-refractivity contribution is 9.11. The van der Waals surface area contributed by atoms with Crippen molar-refractivity contribution in [2.45, 2.75) is 50.0 Å². The zero-order chi connectivity index (χ0) is 15.6. The number of rotatable bonds is 4. The molecule has 1 saturated carbocycles. The van der Waals surface area contributed by atoms with Crippen LogP contribution in [-0.4, -0.2) is 25.3 Å². The van der Waals surface area contributed by atoms with E-state index in [2.05, 4.69) is 31.9 Å². The number of anilines is 1. The molecule has 2 rings (SSSR count). The van der Waals surface area contributed by atoms with Crippen LogP contribution in [0.3, 0.4) is 0 Å².